The van der Waals surface area contributed by atoms with Gasteiger partial charge in [0.1, 0.15) is 0 Å². The van der Waals surface area contributed by atoms with Crippen molar-refractivity contribution >= 4 is 18.0 Å². The Balaban J connectivity index is 1.21. The zero-order valence-electron chi connectivity index (χ0n) is 16.8. The molecule has 1 amide bonds. The maximum absolute atomic E-state index is 13.7. The lowest BCUT2D eigenvalue weighted by Gasteiger charge is -2.56. The Labute approximate surface area is 170 Å². The largest absolute Gasteiger partial charge is 0.494 e. The Hall–Kier alpha value is -2.37. The molecule has 5 nitrogen and oxygen atoms in total. The number of hydrogen-bond donors (Lipinski definition) is 1. The molecule has 6 heteroatoms. The van der Waals surface area contributed by atoms with Crippen molar-refractivity contribution in [1.29, 1.82) is 0 Å². The normalized spacial score (nSPS) is 29.8. The smallest absolute Gasteiger partial charge is 0.331 e. The van der Waals surface area contributed by atoms with Gasteiger partial charge in [-0.3, -0.25) is 4.79 Å². The highest BCUT2D eigenvalue weighted by Crippen LogP contribution is 2.59. The maximum atomic E-state index is 13.7. The number of ether oxygens (including phenoxy) is 2. The zero-order valence-corrected chi connectivity index (χ0v) is 16.8. The molecule has 0 aliphatic heterocycles. The van der Waals surface area contributed by atoms with Crippen LogP contribution >= 0.6 is 0 Å². The van der Waals surface area contributed by atoms with Crippen LogP contribution in [0.1, 0.15) is 44.1 Å². The second kappa shape index (κ2) is 8.17. The van der Waals surface area contributed by atoms with E-state index in [1.807, 2.05) is 0 Å². The molecule has 1 N–H and O–H groups in total. The lowest BCUT2D eigenvalue weighted by atomic mass is 9.49. The second-order valence-corrected chi connectivity index (χ2v) is 9.03. The van der Waals surface area contributed by atoms with Gasteiger partial charge in [-0.1, -0.05) is 6.07 Å². The van der Waals surface area contributed by atoms with Crippen LogP contribution in [-0.2, 0) is 14.3 Å². The standard InChI is InChI=1S/C23H28FNO4/c1-28-20-4-2-15(9-19(20)24)3-5-22(27)29-13-21(26)25-14-23-10-16-6-17(11-23)8-18(7-16)12-23/h2-5,9,16-18H,6-8,10-14H2,1H3,(H,25,26)/b5-3+. The van der Waals surface area contributed by atoms with Crippen molar-refractivity contribution < 1.29 is 23.5 Å². The fourth-order valence-electron chi connectivity index (χ4n) is 5.98. The summed E-state index contributed by atoms with van der Waals surface area (Å²) >= 11 is 0. The number of carbonyl (C=O) groups excluding carboxylic acids is 2. The van der Waals surface area contributed by atoms with E-state index in [1.54, 1.807) is 6.07 Å². The third-order valence-corrected chi connectivity index (χ3v) is 6.76. The van der Waals surface area contributed by atoms with Crippen LogP contribution in [0.15, 0.2) is 24.3 Å². The summed E-state index contributed by atoms with van der Waals surface area (Å²) < 4.78 is 23.5. The van der Waals surface area contributed by atoms with E-state index in [0.717, 1.165) is 17.8 Å². The molecule has 29 heavy (non-hydrogen) atoms. The van der Waals surface area contributed by atoms with Gasteiger partial charge in [0.05, 0.1) is 7.11 Å². The lowest BCUT2D eigenvalue weighted by molar-refractivity contribution is -0.144. The monoisotopic (exact) mass is 401 g/mol. The van der Waals surface area contributed by atoms with Crippen molar-refractivity contribution in [2.75, 3.05) is 20.3 Å². The van der Waals surface area contributed by atoms with Gasteiger partial charge >= 0.3 is 5.97 Å². The first kappa shape index (κ1) is 19.9. The zero-order chi connectivity index (χ0) is 20.4. The fraction of sp³-hybridized carbons (Fsp3) is 0.565. The Morgan fingerprint density at radius 2 is 1.83 bits per heavy atom. The van der Waals surface area contributed by atoms with Gasteiger partial charge in [0, 0.05) is 12.6 Å². The van der Waals surface area contributed by atoms with Gasteiger partial charge in [-0.05, 0) is 85.5 Å². The number of esters is 1. The summed E-state index contributed by atoms with van der Waals surface area (Å²) in [6.45, 7) is 0.389. The van der Waals surface area contributed by atoms with Gasteiger partial charge < -0.3 is 14.8 Å². The van der Waals surface area contributed by atoms with Crippen LogP contribution < -0.4 is 10.1 Å². The molecule has 0 atom stereocenters. The topological polar surface area (TPSA) is 64.6 Å². The van der Waals surface area contributed by atoms with Gasteiger partial charge in [-0.15, -0.1) is 0 Å². The molecule has 0 unspecified atom stereocenters. The third kappa shape index (κ3) is 4.62. The first-order valence-electron chi connectivity index (χ1n) is 10.4. The molecule has 1 aromatic rings. The summed E-state index contributed by atoms with van der Waals surface area (Å²) in [5.74, 6) is 1.24. The van der Waals surface area contributed by atoms with Crippen LogP contribution in [0.4, 0.5) is 4.39 Å². The van der Waals surface area contributed by atoms with E-state index >= 15 is 0 Å². The minimum Gasteiger partial charge on any atom is -0.494 e. The summed E-state index contributed by atoms with van der Waals surface area (Å²) in [6.07, 6.45) is 10.4. The Morgan fingerprint density at radius 1 is 1.17 bits per heavy atom. The quantitative estimate of drug-likeness (QED) is 0.559. The maximum Gasteiger partial charge on any atom is 0.331 e. The molecular weight excluding hydrogens is 373 g/mol. The van der Waals surface area contributed by atoms with Gasteiger partial charge in [0.2, 0.25) is 0 Å². The molecule has 0 radical (unpaired) electrons. The molecule has 4 bridgehead atoms. The molecule has 1 aromatic carbocycles. The van der Waals surface area contributed by atoms with Crippen LogP contribution in [0.3, 0.4) is 0 Å². The molecule has 0 spiro atoms. The molecule has 0 aromatic heterocycles. The van der Waals surface area contributed by atoms with E-state index in [-0.39, 0.29) is 23.7 Å². The fourth-order valence-corrected chi connectivity index (χ4v) is 5.98. The predicted octanol–water partition coefficient (Wildman–Crippen LogP) is 3.72. The first-order chi connectivity index (χ1) is 13.9. The predicted molar refractivity (Wildman–Crippen MR) is 107 cm³/mol. The average Bonchev–Trinajstić information content (AvgIpc) is 2.68. The van der Waals surface area contributed by atoms with Crippen molar-refractivity contribution in [2.24, 2.45) is 23.2 Å². The minimum absolute atomic E-state index is 0.139. The number of rotatable bonds is 7. The lowest BCUT2D eigenvalue weighted by Crippen LogP contribution is -2.51. The number of carbonyl (C=O) groups is 2. The summed E-state index contributed by atoms with van der Waals surface area (Å²) in [5, 5.41) is 2.99. The van der Waals surface area contributed by atoms with Crippen molar-refractivity contribution in [3.8, 4) is 5.75 Å². The Kier molecular flexibility index (Phi) is 5.61. The molecule has 4 fully saturated rings. The van der Waals surface area contributed by atoms with E-state index < -0.39 is 11.8 Å². The molecule has 4 aliphatic rings. The first-order valence-corrected chi connectivity index (χ1v) is 10.4. The van der Waals surface area contributed by atoms with Crippen LogP contribution in [0.5, 0.6) is 5.75 Å². The SMILES string of the molecule is COc1ccc(/C=C/C(=O)OCC(=O)NCC23CC4CC(CC(C4)C2)C3)cc1F. The minimum atomic E-state index is -0.633. The summed E-state index contributed by atoms with van der Waals surface area (Å²) in [5.41, 5.74) is 0.763. The second-order valence-electron chi connectivity index (χ2n) is 9.03. The highest BCUT2D eigenvalue weighted by Gasteiger charge is 2.50. The van der Waals surface area contributed by atoms with Gasteiger partial charge in [-0.25, -0.2) is 9.18 Å². The van der Waals surface area contributed by atoms with E-state index in [9.17, 15) is 14.0 Å². The number of hydrogen-bond acceptors (Lipinski definition) is 4. The molecule has 0 saturated heterocycles. The van der Waals surface area contributed by atoms with E-state index in [1.165, 1.54) is 69.9 Å². The van der Waals surface area contributed by atoms with Gasteiger partial charge in [0.15, 0.2) is 18.2 Å². The number of nitrogens with one attached hydrogen (secondary N) is 1. The van der Waals surface area contributed by atoms with Gasteiger partial charge in [-0.2, -0.15) is 0 Å². The molecule has 0 heterocycles. The van der Waals surface area contributed by atoms with Crippen molar-refractivity contribution in [3.05, 3.63) is 35.7 Å². The summed E-state index contributed by atoms with van der Waals surface area (Å²) in [7, 11) is 1.39. The van der Waals surface area contributed by atoms with E-state index in [2.05, 4.69) is 5.32 Å². The molecule has 5 rings (SSSR count). The number of amides is 1. The van der Waals surface area contributed by atoms with Crippen LogP contribution in [0.25, 0.3) is 6.08 Å². The van der Waals surface area contributed by atoms with Gasteiger partial charge in [0.25, 0.3) is 5.91 Å². The molecule has 4 aliphatic carbocycles. The highest BCUT2D eigenvalue weighted by atomic mass is 19.1. The van der Waals surface area contributed by atoms with Crippen molar-refractivity contribution in [1.82, 2.24) is 5.32 Å². The van der Waals surface area contributed by atoms with E-state index in [4.69, 9.17) is 9.47 Å². The van der Waals surface area contributed by atoms with Crippen molar-refractivity contribution in [2.45, 2.75) is 38.5 Å². The van der Waals surface area contributed by atoms with E-state index in [0.29, 0.717) is 12.1 Å². The summed E-state index contributed by atoms with van der Waals surface area (Å²) in [6, 6.07) is 4.38. The molecular formula is C23H28FNO4. The molecule has 156 valence electrons. The van der Waals surface area contributed by atoms with Crippen molar-refractivity contribution in [3.63, 3.8) is 0 Å². The highest BCUT2D eigenvalue weighted by molar-refractivity contribution is 5.89. The third-order valence-electron chi connectivity index (χ3n) is 6.76. The van der Waals surface area contributed by atoms with Crippen LogP contribution in [-0.4, -0.2) is 32.1 Å². The number of benzene rings is 1. The number of methoxy groups -OCH3 is 1. The number of halogens is 1. The van der Waals surface area contributed by atoms with Crippen LogP contribution in [0.2, 0.25) is 0 Å². The average molecular weight is 401 g/mol. The summed E-state index contributed by atoms with van der Waals surface area (Å²) in [4.78, 5) is 24.0. The Morgan fingerprint density at radius 3 is 2.41 bits per heavy atom. The Bertz CT molecular complexity index is 784. The molecule has 4 saturated carbocycles. The van der Waals surface area contributed by atoms with Crippen LogP contribution in [0, 0.1) is 29.0 Å².